The summed E-state index contributed by atoms with van der Waals surface area (Å²) in [6, 6.07) is 0.263. The second kappa shape index (κ2) is 7.06. The van der Waals surface area contributed by atoms with E-state index in [0.717, 1.165) is 0 Å². The Morgan fingerprint density at radius 1 is 1.04 bits per heavy atom. The first-order valence-electron chi connectivity index (χ1n) is 8.16. The summed E-state index contributed by atoms with van der Waals surface area (Å²) in [5.74, 6) is -4.55. The Hall–Kier alpha value is -3.82. The monoisotopic (exact) mass is 388 g/mol. The van der Waals surface area contributed by atoms with E-state index in [1.807, 2.05) is 0 Å². The summed E-state index contributed by atoms with van der Waals surface area (Å²) >= 11 is 0. The molecule has 146 valence electrons. The van der Waals surface area contributed by atoms with Gasteiger partial charge in [-0.3, -0.25) is 4.99 Å². The maximum absolute atomic E-state index is 11.6. The van der Waals surface area contributed by atoms with E-state index in [1.54, 1.807) is 0 Å². The maximum atomic E-state index is 11.6. The minimum Gasteiger partial charge on any atom is -0.504 e. The molecule has 0 spiro atoms. The molecule has 1 aromatic carbocycles. The van der Waals surface area contributed by atoms with Crippen LogP contribution in [0.15, 0.2) is 41.1 Å². The molecule has 2 aliphatic rings. The highest BCUT2D eigenvalue weighted by Gasteiger charge is 2.34. The third kappa shape index (κ3) is 3.52. The minimum atomic E-state index is -1.37. The van der Waals surface area contributed by atoms with Crippen molar-refractivity contribution in [3.05, 3.63) is 41.6 Å². The van der Waals surface area contributed by atoms with Gasteiger partial charge in [-0.2, -0.15) is 0 Å². The number of benzene rings is 1. The summed E-state index contributed by atoms with van der Waals surface area (Å²) in [4.78, 5) is 39.0. The lowest BCUT2D eigenvalue weighted by atomic mass is 10.0. The fourth-order valence-corrected chi connectivity index (χ4v) is 3.14. The van der Waals surface area contributed by atoms with Crippen LogP contribution in [0.1, 0.15) is 12.0 Å². The second-order valence-electron chi connectivity index (χ2n) is 6.35. The zero-order valence-electron chi connectivity index (χ0n) is 14.3. The number of aliphatic imine (C=N–C) groups is 1. The molecule has 0 radical (unpaired) electrons. The van der Waals surface area contributed by atoms with Crippen LogP contribution in [0.4, 0.5) is 5.69 Å². The molecule has 2 aliphatic heterocycles. The van der Waals surface area contributed by atoms with Crippen LogP contribution in [0.25, 0.3) is 0 Å². The predicted molar refractivity (Wildman–Crippen MR) is 95.7 cm³/mol. The van der Waals surface area contributed by atoms with Crippen molar-refractivity contribution < 1.29 is 39.9 Å². The Kier molecular flexibility index (Phi) is 4.78. The number of aromatic hydroxyl groups is 2. The van der Waals surface area contributed by atoms with Gasteiger partial charge in [0.25, 0.3) is 0 Å². The third-order valence-corrected chi connectivity index (χ3v) is 4.49. The Morgan fingerprint density at radius 3 is 2.32 bits per heavy atom. The van der Waals surface area contributed by atoms with Gasteiger partial charge in [0.15, 0.2) is 17.5 Å². The van der Waals surface area contributed by atoms with E-state index in [-0.39, 0.29) is 18.6 Å². The van der Waals surface area contributed by atoms with Gasteiger partial charge in [-0.1, -0.05) is 0 Å². The lowest BCUT2D eigenvalue weighted by molar-refractivity contribution is -0.139. The van der Waals surface area contributed by atoms with E-state index < -0.39 is 41.5 Å². The third-order valence-electron chi connectivity index (χ3n) is 4.49. The molecule has 2 heterocycles. The summed E-state index contributed by atoms with van der Waals surface area (Å²) in [7, 11) is 0. The van der Waals surface area contributed by atoms with E-state index in [4.69, 9.17) is 10.2 Å². The summed E-state index contributed by atoms with van der Waals surface area (Å²) in [5, 5.41) is 47.1. The van der Waals surface area contributed by atoms with Gasteiger partial charge in [0.05, 0.1) is 0 Å². The molecule has 0 aromatic heterocycles. The summed E-state index contributed by atoms with van der Waals surface area (Å²) in [6.07, 6.45) is 4.06. The zero-order chi connectivity index (χ0) is 20.6. The molecule has 3 rings (SSSR count). The van der Waals surface area contributed by atoms with E-state index in [1.165, 1.54) is 35.4 Å². The molecule has 0 saturated heterocycles. The second-order valence-corrected chi connectivity index (χ2v) is 6.35. The molecule has 0 unspecified atom stereocenters. The van der Waals surface area contributed by atoms with E-state index in [2.05, 4.69) is 4.99 Å². The Bertz CT molecular complexity index is 963. The van der Waals surface area contributed by atoms with Gasteiger partial charge in [-0.05, 0) is 29.4 Å². The van der Waals surface area contributed by atoms with E-state index >= 15 is 0 Å². The van der Waals surface area contributed by atoms with Crippen LogP contribution in [0.2, 0.25) is 0 Å². The van der Waals surface area contributed by atoms with Crippen LogP contribution in [-0.4, -0.2) is 61.2 Å². The molecule has 28 heavy (non-hydrogen) atoms. The van der Waals surface area contributed by atoms with Crippen LogP contribution in [0.3, 0.4) is 0 Å². The van der Waals surface area contributed by atoms with Crippen molar-refractivity contribution >= 4 is 29.3 Å². The average Bonchev–Trinajstić information content (AvgIpc) is 2.97. The molecule has 0 fully saturated rings. The number of hydrogen-bond acceptors (Lipinski definition) is 7. The molecule has 2 atom stereocenters. The van der Waals surface area contributed by atoms with Crippen molar-refractivity contribution in [1.82, 2.24) is 0 Å². The maximum Gasteiger partial charge on any atom is 0.354 e. The van der Waals surface area contributed by atoms with Gasteiger partial charge in [-0.15, -0.1) is 0 Å². The number of carbonyl (C=O) groups is 3. The Labute approximate surface area is 158 Å². The van der Waals surface area contributed by atoms with Gasteiger partial charge in [-0.25, -0.2) is 14.4 Å². The van der Waals surface area contributed by atoms with Crippen molar-refractivity contribution in [2.24, 2.45) is 4.99 Å². The largest absolute Gasteiger partial charge is 0.504 e. The zero-order valence-corrected chi connectivity index (χ0v) is 14.3. The first kappa shape index (κ1) is 19.0. The van der Waals surface area contributed by atoms with Crippen LogP contribution < -0.4 is 4.90 Å². The summed E-state index contributed by atoms with van der Waals surface area (Å²) in [6.45, 7) is 0. The number of aliphatic carboxylic acids is 3. The smallest absolute Gasteiger partial charge is 0.354 e. The van der Waals surface area contributed by atoms with Crippen molar-refractivity contribution in [1.29, 1.82) is 0 Å². The fourth-order valence-electron chi connectivity index (χ4n) is 3.14. The van der Waals surface area contributed by atoms with Gasteiger partial charge in [0.2, 0.25) is 0 Å². The number of phenolic OH excluding ortho intramolecular Hbond substituents is 2. The lowest BCUT2D eigenvalue weighted by Crippen LogP contribution is -2.34. The van der Waals surface area contributed by atoms with Gasteiger partial charge < -0.3 is 30.4 Å². The Balaban J connectivity index is 1.95. The molecule has 1 aromatic rings. The molecule has 0 saturated carbocycles. The highest BCUT2D eigenvalue weighted by Crippen LogP contribution is 2.40. The highest BCUT2D eigenvalue weighted by molar-refractivity contribution is 6.41. The number of carboxylic acids is 3. The first-order valence-corrected chi connectivity index (χ1v) is 8.16. The number of allylic oxidation sites excluding steroid dienone is 1. The quantitative estimate of drug-likeness (QED) is 0.457. The van der Waals surface area contributed by atoms with Crippen molar-refractivity contribution in [2.75, 3.05) is 4.90 Å². The number of hydrogen-bond donors (Lipinski definition) is 5. The van der Waals surface area contributed by atoms with Crippen molar-refractivity contribution in [3.63, 3.8) is 0 Å². The van der Waals surface area contributed by atoms with Crippen LogP contribution >= 0.6 is 0 Å². The normalized spacial score (nSPS) is 21.2. The molecule has 0 aliphatic carbocycles. The topological polar surface area (TPSA) is 168 Å². The molecular weight excluding hydrogens is 372 g/mol. The first-order chi connectivity index (χ1) is 13.2. The lowest BCUT2D eigenvalue weighted by Gasteiger charge is -2.21. The molecular formula is C18H16N2O8. The molecule has 0 amide bonds. The minimum absolute atomic E-state index is 0.0537. The number of phenols is 2. The predicted octanol–water partition coefficient (Wildman–Crippen LogP) is 0.736. The number of carboxylic acid groups (broad SMARTS) is 3. The number of fused-ring (bicyclic) bond motifs is 1. The van der Waals surface area contributed by atoms with Gasteiger partial charge in [0, 0.05) is 30.8 Å². The molecule has 0 bridgehead atoms. The standard InChI is InChI=1S/C18H16N2O8/c21-14-6-9-5-13(18(27)28)20(12(9)7-15(14)22)2-1-8-3-10(16(23)24)19-11(4-8)17(25)26/h1-3,6-7,11,13,21-22H,4-5H2,(H,23,24)(H,25,26)(H,27,28)/b2-1+/t11-,13+/m0/s1. The highest BCUT2D eigenvalue weighted by atomic mass is 16.4. The van der Waals surface area contributed by atoms with Crippen molar-refractivity contribution in [2.45, 2.75) is 24.9 Å². The van der Waals surface area contributed by atoms with Crippen molar-refractivity contribution in [3.8, 4) is 11.5 Å². The summed E-state index contributed by atoms with van der Waals surface area (Å²) < 4.78 is 0. The number of dihydropyridines is 1. The molecule has 5 N–H and O–H groups in total. The van der Waals surface area contributed by atoms with E-state index in [0.29, 0.717) is 16.8 Å². The van der Waals surface area contributed by atoms with Crippen LogP contribution in [-0.2, 0) is 20.8 Å². The van der Waals surface area contributed by atoms with Gasteiger partial charge >= 0.3 is 17.9 Å². The summed E-state index contributed by atoms with van der Waals surface area (Å²) in [5.41, 5.74) is 0.830. The van der Waals surface area contributed by atoms with Gasteiger partial charge in [0.1, 0.15) is 11.8 Å². The van der Waals surface area contributed by atoms with Crippen LogP contribution in [0, 0.1) is 0 Å². The van der Waals surface area contributed by atoms with Crippen LogP contribution in [0.5, 0.6) is 11.5 Å². The number of nitrogens with zero attached hydrogens (tertiary/aromatic N) is 2. The average molecular weight is 388 g/mol. The SMILES string of the molecule is O=C(O)C1=N[C@H](C(=O)O)CC(/C=C/N2c3cc(O)c(O)cc3C[C@@H]2C(=O)O)=C1. The fraction of sp³-hybridized carbons (Fsp3) is 0.222. The molecule has 10 nitrogen and oxygen atoms in total. The number of anilines is 1. The number of rotatable bonds is 5. The Morgan fingerprint density at radius 2 is 1.71 bits per heavy atom. The van der Waals surface area contributed by atoms with E-state index in [9.17, 15) is 29.7 Å². The molecule has 10 heteroatoms.